The Labute approximate surface area is 103 Å². The van der Waals surface area contributed by atoms with Gasteiger partial charge in [-0.05, 0) is 26.0 Å². The fraction of sp³-hybridized carbons (Fsp3) is 0.615. The van der Waals surface area contributed by atoms with Crippen LogP contribution < -0.4 is 5.73 Å². The molecule has 0 bridgehead atoms. The van der Waals surface area contributed by atoms with Crippen molar-refractivity contribution in [3.8, 4) is 0 Å². The summed E-state index contributed by atoms with van der Waals surface area (Å²) in [5.74, 6) is 0.559. The third kappa shape index (κ3) is 2.96. The van der Waals surface area contributed by atoms with Crippen LogP contribution in [0, 0.1) is 0 Å². The summed E-state index contributed by atoms with van der Waals surface area (Å²) in [6.07, 6.45) is 3.13. The van der Waals surface area contributed by atoms with E-state index in [9.17, 15) is 0 Å². The first-order valence-electron chi connectivity index (χ1n) is 6.27. The molecule has 1 aliphatic rings. The van der Waals surface area contributed by atoms with Crippen LogP contribution in [0.15, 0.2) is 18.3 Å². The Morgan fingerprint density at radius 2 is 2.35 bits per heavy atom. The quantitative estimate of drug-likeness (QED) is 0.868. The van der Waals surface area contributed by atoms with Gasteiger partial charge in [0.25, 0.3) is 0 Å². The zero-order valence-electron chi connectivity index (χ0n) is 10.6. The second-order valence-electron chi connectivity index (χ2n) is 4.68. The minimum atomic E-state index is 0.130. The summed E-state index contributed by atoms with van der Waals surface area (Å²) in [5.41, 5.74) is 6.71. The van der Waals surface area contributed by atoms with Crippen LogP contribution in [0.1, 0.15) is 31.9 Å². The number of ether oxygens (including phenoxy) is 1. The standard InChI is InChI=1S/C13H21N3O/c1-3-6-16-8-12(17-9-10(16)2)11-4-5-13(14)15-7-11/h4-5,7,10,12H,3,6,8-9H2,1-2H3,(H2,14,15)/t10-,12?/m0/s1. The Morgan fingerprint density at radius 3 is 3.00 bits per heavy atom. The smallest absolute Gasteiger partial charge is 0.123 e. The summed E-state index contributed by atoms with van der Waals surface area (Å²) < 4.78 is 5.87. The minimum absolute atomic E-state index is 0.130. The average Bonchev–Trinajstić information content (AvgIpc) is 2.33. The molecule has 0 aromatic carbocycles. The molecule has 2 atom stereocenters. The number of morpholine rings is 1. The van der Waals surface area contributed by atoms with Gasteiger partial charge in [-0.3, -0.25) is 4.90 Å². The first kappa shape index (κ1) is 12.3. The van der Waals surface area contributed by atoms with Crippen LogP contribution >= 0.6 is 0 Å². The average molecular weight is 235 g/mol. The van der Waals surface area contributed by atoms with Crippen molar-refractivity contribution in [3.63, 3.8) is 0 Å². The molecule has 4 nitrogen and oxygen atoms in total. The van der Waals surface area contributed by atoms with Crippen LogP contribution in [-0.2, 0) is 4.74 Å². The van der Waals surface area contributed by atoms with E-state index in [2.05, 4.69) is 23.7 Å². The van der Waals surface area contributed by atoms with E-state index in [0.717, 1.165) is 25.3 Å². The molecular weight excluding hydrogens is 214 g/mol. The molecule has 0 spiro atoms. The van der Waals surface area contributed by atoms with Crippen LogP contribution in [0.25, 0.3) is 0 Å². The lowest BCUT2D eigenvalue weighted by molar-refractivity contribution is -0.0599. The molecule has 0 aliphatic carbocycles. The summed E-state index contributed by atoms with van der Waals surface area (Å²) in [4.78, 5) is 6.60. The van der Waals surface area contributed by atoms with E-state index in [1.807, 2.05) is 18.3 Å². The van der Waals surface area contributed by atoms with E-state index in [4.69, 9.17) is 10.5 Å². The van der Waals surface area contributed by atoms with Crippen molar-refractivity contribution in [2.24, 2.45) is 0 Å². The molecule has 94 valence electrons. The molecule has 2 N–H and O–H groups in total. The van der Waals surface area contributed by atoms with Crippen molar-refractivity contribution in [1.82, 2.24) is 9.88 Å². The van der Waals surface area contributed by atoms with Gasteiger partial charge in [0.05, 0.1) is 12.7 Å². The Morgan fingerprint density at radius 1 is 1.53 bits per heavy atom. The molecule has 2 rings (SSSR count). The zero-order chi connectivity index (χ0) is 12.3. The molecule has 1 aromatic rings. The molecule has 2 heterocycles. The van der Waals surface area contributed by atoms with Crippen molar-refractivity contribution < 1.29 is 4.74 Å². The molecule has 1 unspecified atom stereocenters. The number of nitrogen functional groups attached to an aromatic ring is 1. The minimum Gasteiger partial charge on any atom is -0.384 e. The van der Waals surface area contributed by atoms with E-state index >= 15 is 0 Å². The summed E-state index contributed by atoms with van der Waals surface area (Å²) in [7, 11) is 0. The second kappa shape index (κ2) is 5.47. The van der Waals surface area contributed by atoms with Gasteiger partial charge in [0, 0.05) is 24.3 Å². The summed E-state index contributed by atoms with van der Waals surface area (Å²) in [5, 5.41) is 0. The van der Waals surface area contributed by atoms with Crippen molar-refractivity contribution in [2.45, 2.75) is 32.4 Å². The number of rotatable bonds is 3. The number of pyridine rings is 1. The SMILES string of the molecule is CCCN1CC(c2ccc(N)nc2)OC[C@@H]1C. The number of nitrogens with zero attached hydrogens (tertiary/aromatic N) is 2. The van der Waals surface area contributed by atoms with Crippen molar-refractivity contribution >= 4 is 5.82 Å². The van der Waals surface area contributed by atoms with Crippen molar-refractivity contribution in [3.05, 3.63) is 23.9 Å². The van der Waals surface area contributed by atoms with Crippen molar-refractivity contribution in [1.29, 1.82) is 0 Å². The highest BCUT2D eigenvalue weighted by atomic mass is 16.5. The van der Waals surface area contributed by atoms with Crippen LogP contribution in [-0.4, -0.2) is 35.6 Å². The fourth-order valence-electron chi connectivity index (χ4n) is 2.21. The highest BCUT2D eigenvalue weighted by molar-refractivity contribution is 5.30. The second-order valence-corrected chi connectivity index (χ2v) is 4.68. The Kier molecular flexibility index (Phi) is 3.97. The topological polar surface area (TPSA) is 51.4 Å². The van der Waals surface area contributed by atoms with Gasteiger partial charge < -0.3 is 10.5 Å². The molecule has 1 fully saturated rings. The maximum absolute atomic E-state index is 5.87. The predicted octanol–water partition coefficient (Wildman–Crippen LogP) is 1.84. The Balaban J connectivity index is 2.04. The van der Waals surface area contributed by atoms with Crippen LogP contribution in [0.2, 0.25) is 0 Å². The van der Waals surface area contributed by atoms with Gasteiger partial charge in [0.2, 0.25) is 0 Å². The molecule has 0 amide bonds. The number of aromatic nitrogens is 1. The monoisotopic (exact) mass is 235 g/mol. The van der Waals surface area contributed by atoms with Gasteiger partial charge >= 0.3 is 0 Å². The predicted molar refractivity (Wildman–Crippen MR) is 68.7 cm³/mol. The first-order chi connectivity index (χ1) is 8.20. The molecular formula is C13H21N3O. The third-order valence-electron chi connectivity index (χ3n) is 3.25. The lowest BCUT2D eigenvalue weighted by Crippen LogP contribution is -2.45. The number of hydrogen-bond donors (Lipinski definition) is 1. The third-order valence-corrected chi connectivity index (χ3v) is 3.25. The molecule has 4 heteroatoms. The molecule has 0 saturated carbocycles. The van der Waals surface area contributed by atoms with Crippen LogP contribution in [0.5, 0.6) is 0 Å². The van der Waals surface area contributed by atoms with Gasteiger partial charge in [-0.2, -0.15) is 0 Å². The molecule has 0 radical (unpaired) electrons. The van der Waals surface area contributed by atoms with Gasteiger partial charge in [0.1, 0.15) is 5.82 Å². The number of hydrogen-bond acceptors (Lipinski definition) is 4. The Hall–Kier alpha value is -1.13. The normalized spacial score (nSPS) is 26.0. The van der Waals surface area contributed by atoms with Crippen molar-refractivity contribution in [2.75, 3.05) is 25.4 Å². The molecule has 17 heavy (non-hydrogen) atoms. The van der Waals surface area contributed by atoms with Gasteiger partial charge in [-0.1, -0.05) is 13.0 Å². The van der Waals surface area contributed by atoms with E-state index in [-0.39, 0.29) is 6.10 Å². The summed E-state index contributed by atoms with van der Waals surface area (Å²) in [6.45, 7) is 7.29. The van der Waals surface area contributed by atoms with E-state index in [1.54, 1.807) is 0 Å². The van der Waals surface area contributed by atoms with Gasteiger partial charge in [-0.25, -0.2) is 4.98 Å². The zero-order valence-corrected chi connectivity index (χ0v) is 10.6. The lowest BCUT2D eigenvalue weighted by Gasteiger charge is -2.38. The first-order valence-corrected chi connectivity index (χ1v) is 6.27. The maximum atomic E-state index is 5.87. The van der Waals surface area contributed by atoms with E-state index in [0.29, 0.717) is 11.9 Å². The van der Waals surface area contributed by atoms with E-state index < -0.39 is 0 Å². The molecule has 1 saturated heterocycles. The van der Waals surface area contributed by atoms with E-state index in [1.165, 1.54) is 6.42 Å². The molecule has 1 aliphatic heterocycles. The van der Waals surface area contributed by atoms with Crippen LogP contribution in [0.4, 0.5) is 5.82 Å². The maximum Gasteiger partial charge on any atom is 0.123 e. The largest absolute Gasteiger partial charge is 0.384 e. The number of nitrogens with two attached hydrogens (primary N) is 1. The lowest BCUT2D eigenvalue weighted by atomic mass is 10.1. The summed E-state index contributed by atoms with van der Waals surface area (Å²) >= 11 is 0. The Bertz CT molecular complexity index is 352. The van der Waals surface area contributed by atoms with Gasteiger partial charge in [0.15, 0.2) is 0 Å². The van der Waals surface area contributed by atoms with Crippen LogP contribution in [0.3, 0.4) is 0 Å². The summed E-state index contributed by atoms with van der Waals surface area (Å²) in [6, 6.07) is 4.35. The highest BCUT2D eigenvalue weighted by Crippen LogP contribution is 2.24. The number of anilines is 1. The molecule has 1 aromatic heterocycles. The fourth-order valence-corrected chi connectivity index (χ4v) is 2.21. The van der Waals surface area contributed by atoms with Gasteiger partial charge in [-0.15, -0.1) is 0 Å². The highest BCUT2D eigenvalue weighted by Gasteiger charge is 2.26.